The summed E-state index contributed by atoms with van der Waals surface area (Å²) >= 11 is 0. The highest BCUT2D eigenvalue weighted by Gasteiger charge is 2.27. The lowest BCUT2D eigenvalue weighted by Gasteiger charge is -2.18. The van der Waals surface area contributed by atoms with Gasteiger partial charge in [0.25, 0.3) is 5.91 Å². The third-order valence-corrected chi connectivity index (χ3v) is 5.17. The number of nitrogens with zero attached hydrogens (tertiary/aromatic N) is 3. The second kappa shape index (κ2) is 9.38. The van der Waals surface area contributed by atoms with Gasteiger partial charge in [-0.05, 0) is 44.0 Å². The van der Waals surface area contributed by atoms with Crippen LogP contribution >= 0.6 is 0 Å². The summed E-state index contributed by atoms with van der Waals surface area (Å²) in [6.45, 7) is 3.84. The molecule has 1 N–H and O–H groups in total. The van der Waals surface area contributed by atoms with Crippen molar-refractivity contribution in [3.05, 3.63) is 83.6 Å². The fourth-order valence-corrected chi connectivity index (χ4v) is 3.46. The minimum absolute atomic E-state index is 0.0620. The van der Waals surface area contributed by atoms with Gasteiger partial charge in [0, 0.05) is 24.3 Å². The van der Waals surface area contributed by atoms with Crippen molar-refractivity contribution in [2.75, 3.05) is 23.3 Å². The molecular formula is C24H24N4O3. The summed E-state index contributed by atoms with van der Waals surface area (Å²) < 4.78 is 5.58. The first-order valence-corrected chi connectivity index (χ1v) is 10.3. The van der Waals surface area contributed by atoms with E-state index < -0.39 is 18.0 Å². The van der Waals surface area contributed by atoms with Crippen molar-refractivity contribution >= 4 is 23.4 Å². The zero-order valence-corrected chi connectivity index (χ0v) is 17.3. The maximum atomic E-state index is 13.0. The largest absolute Gasteiger partial charge is 0.442 e. The van der Waals surface area contributed by atoms with E-state index in [0.717, 1.165) is 37.3 Å². The quantitative estimate of drug-likeness (QED) is 0.613. The normalized spacial score (nSPS) is 14.2. The zero-order valence-electron chi connectivity index (χ0n) is 17.3. The number of benzene rings is 2. The van der Waals surface area contributed by atoms with Crippen molar-refractivity contribution in [1.29, 1.82) is 0 Å². The molecule has 1 aliphatic rings. The van der Waals surface area contributed by atoms with E-state index in [9.17, 15) is 9.59 Å². The van der Waals surface area contributed by atoms with E-state index in [0.29, 0.717) is 11.3 Å². The highest BCUT2D eigenvalue weighted by Crippen LogP contribution is 2.22. The molecule has 0 saturated carbocycles. The number of aryl methyl sites for hydroxylation is 1. The second-order valence-electron chi connectivity index (χ2n) is 7.52. The fourth-order valence-electron chi connectivity index (χ4n) is 3.46. The van der Waals surface area contributed by atoms with Crippen LogP contribution in [0, 0.1) is 6.92 Å². The van der Waals surface area contributed by atoms with Gasteiger partial charge < -0.3 is 15.0 Å². The van der Waals surface area contributed by atoms with Gasteiger partial charge in [-0.25, -0.2) is 4.79 Å². The average Bonchev–Trinajstić information content (AvgIpc) is 3.34. The molecule has 7 heteroatoms. The Morgan fingerprint density at radius 1 is 0.935 bits per heavy atom. The molecule has 1 unspecified atom stereocenters. The first kappa shape index (κ1) is 20.5. The van der Waals surface area contributed by atoms with Crippen LogP contribution < -0.4 is 10.2 Å². The molecule has 1 fully saturated rings. The topological polar surface area (TPSA) is 84.4 Å². The summed E-state index contributed by atoms with van der Waals surface area (Å²) in [5.74, 6) is -0.399. The molecule has 158 valence electrons. The lowest BCUT2D eigenvalue weighted by molar-refractivity contribution is -0.125. The van der Waals surface area contributed by atoms with Crippen molar-refractivity contribution in [2.45, 2.75) is 25.9 Å². The molecule has 4 rings (SSSR count). The predicted octanol–water partition coefficient (Wildman–Crippen LogP) is 3.92. The van der Waals surface area contributed by atoms with Crippen molar-refractivity contribution < 1.29 is 14.3 Å². The van der Waals surface area contributed by atoms with Gasteiger partial charge in [-0.3, -0.25) is 4.79 Å². The number of hydrogen-bond donors (Lipinski definition) is 1. The smallest absolute Gasteiger partial charge is 0.359 e. The SMILES string of the molecule is Cc1ccc(NC(=O)C(OC(=O)c2ccc(N3CCCC3)nn2)c2ccccc2)cc1. The Balaban J connectivity index is 1.50. The number of amides is 1. The minimum atomic E-state index is -1.12. The molecule has 0 spiro atoms. The highest BCUT2D eigenvalue weighted by atomic mass is 16.5. The first-order valence-electron chi connectivity index (χ1n) is 10.3. The molecule has 0 bridgehead atoms. The van der Waals surface area contributed by atoms with E-state index in [-0.39, 0.29) is 5.69 Å². The molecule has 1 aliphatic heterocycles. The Labute approximate surface area is 181 Å². The van der Waals surface area contributed by atoms with E-state index in [2.05, 4.69) is 20.4 Å². The van der Waals surface area contributed by atoms with Crippen molar-refractivity contribution in [3.8, 4) is 0 Å². The maximum Gasteiger partial charge on any atom is 0.359 e. The number of carbonyl (C=O) groups excluding carboxylic acids is 2. The summed E-state index contributed by atoms with van der Waals surface area (Å²) in [4.78, 5) is 27.8. The first-order chi connectivity index (χ1) is 15.1. The molecule has 0 radical (unpaired) electrons. The molecule has 1 atom stereocenters. The lowest BCUT2D eigenvalue weighted by atomic mass is 10.1. The Morgan fingerprint density at radius 3 is 2.29 bits per heavy atom. The van der Waals surface area contributed by atoms with Gasteiger partial charge in [0.05, 0.1) is 0 Å². The van der Waals surface area contributed by atoms with Gasteiger partial charge in [0.2, 0.25) is 6.10 Å². The molecule has 7 nitrogen and oxygen atoms in total. The van der Waals surface area contributed by atoms with E-state index in [4.69, 9.17) is 4.74 Å². The van der Waals surface area contributed by atoms with E-state index in [1.807, 2.05) is 25.1 Å². The number of ether oxygens (including phenoxy) is 1. The van der Waals surface area contributed by atoms with Gasteiger partial charge in [0.15, 0.2) is 11.5 Å². The summed E-state index contributed by atoms with van der Waals surface area (Å²) in [5, 5.41) is 11.0. The molecule has 2 heterocycles. The van der Waals surface area contributed by atoms with Gasteiger partial charge in [0.1, 0.15) is 0 Å². The molecule has 1 amide bonds. The molecule has 0 aliphatic carbocycles. The average molecular weight is 416 g/mol. The number of nitrogens with one attached hydrogen (secondary N) is 1. The van der Waals surface area contributed by atoms with Crippen LogP contribution in [0.15, 0.2) is 66.7 Å². The molecule has 2 aromatic carbocycles. The monoisotopic (exact) mass is 416 g/mol. The van der Waals surface area contributed by atoms with E-state index in [1.54, 1.807) is 48.5 Å². The van der Waals surface area contributed by atoms with Crippen molar-refractivity contribution in [3.63, 3.8) is 0 Å². The summed E-state index contributed by atoms with van der Waals surface area (Å²) in [6.07, 6.45) is 1.13. The zero-order chi connectivity index (χ0) is 21.6. The number of aromatic nitrogens is 2. The predicted molar refractivity (Wildman–Crippen MR) is 118 cm³/mol. The summed E-state index contributed by atoms with van der Waals surface area (Å²) in [6, 6.07) is 19.7. The van der Waals surface area contributed by atoms with Gasteiger partial charge in [-0.15, -0.1) is 10.2 Å². The van der Waals surface area contributed by atoms with Crippen LogP contribution in [0.5, 0.6) is 0 Å². The maximum absolute atomic E-state index is 13.0. The highest BCUT2D eigenvalue weighted by molar-refractivity contribution is 5.97. The van der Waals surface area contributed by atoms with Crippen LogP contribution in [0.4, 0.5) is 11.5 Å². The fraction of sp³-hybridized carbons (Fsp3) is 0.250. The molecule has 1 aromatic heterocycles. The summed E-state index contributed by atoms with van der Waals surface area (Å²) in [7, 11) is 0. The van der Waals surface area contributed by atoms with Gasteiger partial charge in [-0.1, -0.05) is 48.0 Å². The van der Waals surface area contributed by atoms with Gasteiger partial charge in [-0.2, -0.15) is 0 Å². The van der Waals surface area contributed by atoms with Crippen molar-refractivity contribution in [1.82, 2.24) is 10.2 Å². The Kier molecular flexibility index (Phi) is 6.21. The Bertz CT molecular complexity index is 1030. The third kappa shape index (κ3) is 5.06. The standard InChI is InChI=1S/C24H24N4O3/c1-17-9-11-19(12-10-17)25-23(29)22(18-7-3-2-4-8-18)31-24(30)20-13-14-21(27-26-20)28-15-5-6-16-28/h2-4,7-14,22H,5-6,15-16H2,1H3,(H,25,29). The number of carbonyl (C=O) groups is 2. The second-order valence-corrected chi connectivity index (χ2v) is 7.52. The molecule has 3 aromatic rings. The number of rotatable bonds is 6. The molecular weight excluding hydrogens is 392 g/mol. The summed E-state index contributed by atoms with van der Waals surface area (Å²) in [5.41, 5.74) is 2.34. The van der Waals surface area contributed by atoms with Crippen LogP contribution in [0.25, 0.3) is 0 Å². The number of hydrogen-bond acceptors (Lipinski definition) is 6. The molecule has 1 saturated heterocycles. The minimum Gasteiger partial charge on any atom is -0.442 e. The Morgan fingerprint density at radius 2 is 1.65 bits per heavy atom. The van der Waals surface area contributed by atoms with Crippen molar-refractivity contribution in [2.24, 2.45) is 0 Å². The van der Waals surface area contributed by atoms with Crippen LogP contribution in [-0.2, 0) is 9.53 Å². The van der Waals surface area contributed by atoms with Crippen LogP contribution in [0.3, 0.4) is 0 Å². The Hall–Kier alpha value is -3.74. The number of anilines is 2. The van der Waals surface area contributed by atoms with E-state index in [1.165, 1.54) is 0 Å². The van der Waals surface area contributed by atoms with Crippen LogP contribution in [-0.4, -0.2) is 35.2 Å². The van der Waals surface area contributed by atoms with E-state index >= 15 is 0 Å². The third-order valence-electron chi connectivity index (χ3n) is 5.17. The molecule has 31 heavy (non-hydrogen) atoms. The van der Waals surface area contributed by atoms with Crippen LogP contribution in [0.1, 0.15) is 40.6 Å². The lowest BCUT2D eigenvalue weighted by Crippen LogP contribution is -2.26. The van der Waals surface area contributed by atoms with Gasteiger partial charge >= 0.3 is 5.97 Å². The number of esters is 1. The van der Waals surface area contributed by atoms with Crippen LogP contribution in [0.2, 0.25) is 0 Å².